The van der Waals surface area contributed by atoms with E-state index in [0.29, 0.717) is 5.75 Å². The fourth-order valence-corrected chi connectivity index (χ4v) is 1.35. The molecule has 0 atom stereocenters. The highest BCUT2D eigenvalue weighted by Crippen LogP contribution is 2.13. The van der Waals surface area contributed by atoms with Crippen LogP contribution in [-0.4, -0.2) is 17.5 Å². The van der Waals surface area contributed by atoms with Crippen LogP contribution in [0.1, 0.15) is 26.3 Å². The molecule has 1 aromatic carbocycles. The molecule has 0 aromatic heterocycles. The summed E-state index contributed by atoms with van der Waals surface area (Å²) in [4.78, 5) is 22.6. The number of nitrogens with one attached hydrogen (secondary N) is 2. The van der Waals surface area contributed by atoms with Gasteiger partial charge < -0.3 is 10.1 Å². The molecule has 0 radical (unpaired) electrons. The first-order chi connectivity index (χ1) is 8.80. The van der Waals surface area contributed by atoms with Crippen LogP contribution in [0.2, 0.25) is 0 Å². The van der Waals surface area contributed by atoms with E-state index in [1.165, 1.54) is 0 Å². The number of nitrogens with two attached hydrogens (primary N) is 1. The van der Waals surface area contributed by atoms with Gasteiger partial charge in [-0.1, -0.05) is 12.1 Å². The maximum atomic E-state index is 11.5. The average molecular weight is 265 g/mol. The first kappa shape index (κ1) is 15.0. The fraction of sp³-hybridized carbons (Fsp3) is 0.385. The Bertz CT molecular complexity index is 449. The number of hydrogen-bond acceptors (Lipinski definition) is 4. The minimum atomic E-state index is -0.514. The number of rotatable bonds is 3. The monoisotopic (exact) mass is 265 g/mol. The predicted octanol–water partition coefficient (Wildman–Crippen LogP) is 1.11. The van der Waals surface area contributed by atoms with Gasteiger partial charge in [0.1, 0.15) is 5.75 Å². The number of benzene rings is 1. The number of hydrogen-bond donors (Lipinski definition) is 3. The van der Waals surface area contributed by atoms with Crippen LogP contribution in [0.4, 0.5) is 4.79 Å². The van der Waals surface area contributed by atoms with E-state index in [0.717, 1.165) is 5.56 Å². The zero-order valence-electron chi connectivity index (χ0n) is 11.3. The standard InChI is InChI=1S/C13H19N3O3/c1-13(2,3)15-12(18)19-10-6-4-9(5-7-10)8-11(17)16-14/h4-7H,8,14H2,1-3H3,(H,15,18)(H,16,17). The van der Waals surface area contributed by atoms with E-state index in [1.54, 1.807) is 24.3 Å². The molecule has 104 valence electrons. The molecule has 0 fully saturated rings. The van der Waals surface area contributed by atoms with Crippen LogP contribution < -0.4 is 21.3 Å². The zero-order chi connectivity index (χ0) is 14.5. The molecule has 4 N–H and O–H groups in total. The highest BCUT2D eigenvalue weighted by Gasteiger charge is 2.15. The summed E-state index contributed by atoms with van der Waals surface area (Å²) in [5.74, 6) is 5.13. The van der Waals surface area contributed by atoms with Crippen LogP contribution >= 0.6 is 0 Å². The molecular weight excluding hydrogens is 246 g/mol. The van der Waals surface area contributed by atoms with Crippen LogP contribution in [0.5, 0.6) is 5.75 Å². The van der Waals surface area contributed by atoms with E-state index < -0.39 is 6.09 Å². The van der Waals surface area contributed by atoms with Gasteiger partial charge in [0.15, 0.2) is 0 Å². The van der Waals surface area contributed by atoms with Gasteiger partial charge in [-0.25, -0.2) is 10.6 Å². The van der Waals surface area contributed by atoms with Crippen LogP contribution in [-0.2, 0) is 11.2 Å². The summed E-state index contributed by atoms with van der Waals surface area (Å²) < 4.78 is 5.10. The topological polar surface area (TPSA) is 93.4 Å². The maximum Gasteiger partial charge on any atom is 0.413 e. The van der Waals surface area contributed by atoms with Crippen molar-refractivity contribution in [1.82, 2.24) is 10.7 Å². The van der Waals surface area contributed by atoms with Crippen molar-refractivity contribution in [2.45, 2.75) is 32.7 Å². The molecule has 0 bridgehead atoms. The van der Waals surface area contributed by atoms with Gasteiger partial charge in [0.2, 0.25) is 5.91 Å². The van der Waals surface area contributed by atoms with Crippen LogP contribution in [0.15, 0.2) is 24.3 Å². The molecule has 6 nitrogen and oxygen atoms in total. The molecule has 0 aliphatic carbocycles. The lowest BCUT2D eigenvalue weighted by molar-refractivity contribution is -0.120. The zero-order valence-corrected chi connectivity index (χ0v) is 11.3. The van der Waals surface area contributed by atoms with Crippen molar-refractivity contribution in [3.8, 4) is 5.75 Å². The molecule has 0 saturated carbocycles. The Morgan fingerprint density at radius 3 is 2.26 bits per heavy atom. The molecule has 0 unspecified atom stereocenters. The number of carbonyl (C=O) groups excluding carboxylic acids is 2. The number of carbonyl (C=O) groups is 2. The van der Waals surface area contributed by atoms with Gasteiger partial charge in [-0.05, 0) is 38.5 Å². The van der Waals surface area contributed by atoms with E-state index in [2.05, 4.69) is 10.7 Å². The SMILES string of the molecule is CC(C)(C)NC(=O)Oc1ccc(CC(=O)NN)cc1. The normalized spacial score (nSPS) is 10.7. The van der Waals surface area contributed by atoms with Gasteiger partial charge in [0.05, 0.1) is 6.42 Å². The van der Waals surface area contributed by atoms with E-state index in [1.807, 2.05) is 20.8 Å². The highest BCUT2D eigenvalue weighted by atomic mass is 16.6. The molecule has 0 saturated heterocycles. The lowest BCUT2D eigenvalue weighted by Crippen LogP contribution is -2.42. The summed E-state index contributed by atoms with van der Waals surface area (Å²) in [5.41, 5.74) is 2.48. The summed E-state index contributed by atoms with van der Waals surface area (Å²) in [6, 6.07) is 6.66. The molecular formula is C13H19N3O3. The Hall–Kier alpha value is -2.08. The Morgan fingerprint density at radius 2 is 1.79 bits per heavy atom. The first-order valence-electron chi connectivity index (χ1n) is 5.88. The van der Waals surface area contributed by atoms with E-state index in [-0.39, 0.29) is 17.9 Å². The van der Waals surface area contributed by atoms with Gasteiger partial charge in [-0.2, -0.15) is 0 Å². The van der Waals surface area contributed by atoms with E-state index >= 15 is 0 Å². The minimum absolute atomic E-state index is 0.185. The second-order valence-corrected chi connectivity index (χ2v) is 5.15. The maximum absolute atomic E-state index is 11.5. The molecule has 2 amide bonds. The highest BCUT2D eigenvalue weighted by molar-refractivity contribution is 5.78. The van der Waals surface area contributed by atoms with Crippen molar-refractivity contribution >= 4 is 12.0 Å². The van der Waals surface area contributed by atoms with Gasteiger partial charge in [-0.3, -0.25) is 10.2 Å². The fourth-order valence-electron chi connectivity index (χ4n) is 1.35. The Labute approximate surface area is 112 Å². The minimum Gasteiger partial charge on any atom is -0.410 e. The third kappa shape index (κ3) is 5.87. The summed E-state index contributed by atoms with van der Waals surface area (Å²) in [6.45, 7) is 5.59. The summed E-state index contributed by atoms with van der Waals surface area (Å²) in [5, 5.41) is 2.68. The number of amides is 2. The van der Waals surface area contributed by atoms with Crippen molar-refractivity contribution < 1.29 is 14.3 Å². The van der Waals surface area contributed by atoms with Crippen molar-refractivity contribution in [3.63, 3.8) is 0 Å². The second-order valence-electron chi connectivity index (χ2n) is 5.15. The summed E-state index contributed by atoms with van der Waals surface area (Å²) in [7, 11) is 0. The molecule has 1 rings (SSSR count). The number of hydrazine groups is 1. The van der Waals surface area contributed by atoms with Crippen LogP contribution in [0, 0.1) is 0 Å². The lowest BCUT2D eigenvalue weighted by atomic mass is 10.1. The lowest BCUT2D eigenvalue weighted by Gasteiger charge is -2.19. The first-order valence-corrected chi connectivity index (χ1v) is 5.88. The van der Waals surface area contributed by atoms with Gasteiger partial charge in [0.25, 0.3) is 0 Å². The van der Waals surface area contributed by atoms with Crippen LogP contribution in [0.25, 0.3) is 0 Å². The molecule has 0 aliphatic rings. The molecule has 1 aromatic rings. The molecule has 0 aliphatic heterocycles. The second kappa shape index (κ2) is 6.19. The molecule has 6 heteroatoms. The Morgan fingerprint density at radius 1 is 1.21 bits per heavy atom. The smallest absolute Gasteiger partial charge is 0.410 e. The van der Waals surface area contributed by atoms with E-state index in [4.69, 9.17) is 10.6 Å². The summed E-state index contributed by atoms with van der Waals surface area (Å²) >= 11 is 0. The Balaban J connectivity index is 2.57. The molecule has 19 heavy (non-hydrogen) atoms. The van der Waals surface area contributed by atoms with Crippen molar-refractivity contribution in [2.24, 2.45) is 5.84 Å². The van der Waals surface area contributed by atoms with Crippen molar-refractivity contribution in [3.05, 3.63) is 29.8 Å². The average Bonchev–Trinajstić information content (AvgIpc) is 2.29. The predicted molar refractivity (Wildman–Crippen MR) is 71.4 cm³/mol. The van der Waals surface area contributed by atoms with E-state index in [9.17, 15) is 9.59 Å². The van der Waals surface area contributed by atoms with Gasteiger partial charge >= 0.3 is 6.09 Å². The third-order valence-corrected chi connectivity index (χ3v) is 2.14. The molecule has 0 heterocycles. The van der Waals surface area contributed by atoms with Crippen molar-refractivity contribution in [2.75, 3.05) is 0 Å². The van der Waals surface area contributed by atoms with Crippen molar-refractivity contribution in [1.29, 1.82) is 0 Å². The Kier molecular flexibility index (Phi) is 4.88. The van der Waals surface area contributed by atoms with Crippen LogP contribution in [0.3, 0.4) is 0 Å². The van der Waals surface area contributed by atoms with Gasteiger partial charge in [-0.15, -0.1) is 0 Å². The summed E-state index contributed by atoms with van der Waals surface area (Å²) in [6.07, 6.45) is -0.328. The quantitative estimate of drug-likeness (QED) is 0.433. The van der Waals surface area contributed by atoms with Gasteiger partial charge in [0, 0.05) is 5.54 Å². The molecule has 0 spiro atoms. The third-order valence-electron chi connectivity index (χ3n) is 2.14. The number of ether oxygens (including phenoxy) is 1. The largest absolute Gasteiger partial charge is 0.413 e.